The quantitative estimate of drug-likeness (QED) is 0.0261. The first-order chi connectivity index (χ1) is 40.5. The number of carbonyl (C=O) groups is 3. The zero-order chi connectivity index (χ0) is 59.2. The van der Waals surface area contributed by atoms with Gasteiger partial charge in [0.05, 0.1) is 0 Å². The second kappa shape index (κ2) is 70.3. The molecule has 0 radical (unpaired) electrons. The van der Waals surface area contributed by atoms with Crippen molar-refractivity contribution in [2.75, 3.05) is 13.2 Å². The molecule has 0 heterocycles. The lowest BCUT2D eigenvalue weighted by Crippen LogP contribution is -2.30. The second-order valence-electron chi connectivity index (χ2n) is 24.1. The molecule has 476 valence electrons. The van der Waals surface area contributed by atoms with E-state index in [-0.39, 0.29) is 31.1 Å². The van der Waals surface area contributed by atoms with Gasteiger partial charge in [-0.15, -0.1) is 0 Å². The zero-order valence-electron chi connectivity index (χ0n) is 54.8. The predicted molar refractivity (Wildman–Crippen MR) is 358 cm³/mol. The molecule has 0 N–H and O–H groups in total. The third-order valence-electron chi connectivity index (χ3n) is 15.9. The third kappa shape index (κ3) is 67.6. The van der Waals surface area contributed by atoms with E-state index in [9.17, 15) is 14.4 Å². The Morgan fingerprint density at radius 1 is 0.244 bits per heavy atom. The number of unbranched alkanes of at least 4 members (excludes halogenated alkanes) is 43. The Morgan fingerprint density at radius 2 is 0.439 bits per heavy atom. The van der Waals surface area contributed by atoms with Crippen LogP contribution in [0.5, 0.6) is 0 Å². The first-order valence-electron chi connectivity index (χ1n) is 35.9. The van der Waals surface area contributed by atoms with E-state index in [1.165, 1.54) is 250 Å². The third-order valence-corrected chi connectivity index (χ3v) is 15.9. The number of esters is 3. The molecule has 82 heavy (non-hydrogen) atoms. The number of allylic oxidation sites excluding steroid dienone is 12. The largest absolute Gasteiger partial charge is 0.462 e. The Balaban J connectivity index is 4.24. The van der Waals surface area contributed by atoms with Crippen molar-refractivity contribution in [3.63, 3.8) is 0 Å². The van der Waals surface area contributed by atoms with Crippen LogP contribution >= 0.6 is 0 Å². The molecule has 0 aliphatic rings. The predicted octanol–water partition coefficient (Wildman–Crippen LogP) is 24.8. The molecule has 0 aromatic heterocycles. The molecule has 1 atom stereocenters. The maximum absolute atomic E-state index is 13.0. The van der Waals surface area contributed by atoms with E-state index in [0.29, 0.717) is 19.3 Å². The summed E-state index contributed by atoms with van der Waals surface area (Å²) in [5.74, 6) is -0.869. The summed E-state index contributed by atoms with van der Waals surface area (Å²) in [5, 5.41) is 0. The summed E-state index contributed by atoms with van der Waals surface area (Å²) in [6.45, 7) is 6.63. The fourth-order valence-electron chi connectivity index (χ4n) is 10.5. The van der Waals surface area contributed by atoms with E-state index in [1.54, 1.807) is 0 Å². The average molecular weight is 1150 g/mol. The molecule has 0 aromatic rings. The van der Waals surface area contributed by atoms with Crippen LogP contribution in [0.25, 0.3) is 0 Å². The van der Waals surface area contributed by atoms with E-state index in [1.807, 2.05) is 0 Å². The van der Waals surface area contributed by atoms with Gasteiger partial charge in [0.1, 0.15) is 13.2 Å². The van der Waals surface area contributed by atoms with Gasteiger partial charge in [0, 0.05) is 19.3 Å². The maximum Gasteiger partial charge on any atom is 0.306 e. The second-order valence-corrected chi connectivity index (χ2v) is 24.1. The van der Waals surface area contributed by atoms with E-state index in [4.69, 9.17) is 14.2 Å². The molecule has 0 aromatic carbocycles. The summed E-state index contributed by atoms with van der Waals surface area (Å²) in [4.78, 5) is 38.4. The molecule has 0 saturated heterocycles. The van der Waals surface area contributed by atoms with Crippen LogP contribution in [-0.2, 0) is 28.6 Å². The van der Waals surface area contributed by atoms with Gasteiger partial charge in [-0.05, 0) is 116 Å². The van der Waals surface area contributed by atoms with Crippen LogP contribution in [0.15, 0.2) is 72.9 Å². The average Bonchev–Trinajstić information content (AvgIpc) is 3.48. The Labute approximate surface area is 510 Å². The first-order valence-corrected chi connectivity index (χ1v) is 35.9. The fourth-order valence-corrected chi connectivity index (χ4v) is 10.5. The van der Waals surface area contributed by atoms with Gasteiger partial charge in [0.25, 0.3) is 0 Å². The molecular weight excluding hydrogens is 1010 g/mol. The minimum atomic E-state index is -0.781. The molecule has 0 aliphatic heterocycles. The van der Waals surface area contributed by atoms with Gasteiger partial charge in [0.2, 0.25) is 0 Å². The van der Waals surface area contributed by atoms with Crippen LogP contribution in [-0.4, -0.2) is 37.2 Å². The van der Waals surface area contributed by atoms with E-state index < -0.39 is 6.10 Å². The molecular formula is C76H136O6. The van der Waals surface area contributed by atoms with Crippen LogP contribution in [0.3, 0.4) is 0 Å². The van der Waals surface area contributed by atoms with Crippen molar-refractivity contribution in [2.45, 2.75) is 380 Å². The van der Waals surface area contributed by atoms with Crippen LogP contribution in [0.1, 0.15) is 374 Å². The molecule has 0 fully saturated rings. The van der Waals surface area contributed by atoms with Gasteiger partial charge in [-0.1, -0.05) is 312 Å². The smallest absolute Gasteiger partial charge is 0.306 e. The van der Waals surface area contributed by atoms with Crippen molar-refractivity contribution in [1.29, 1.82) is 0 Å². The SMILES string of the molecule is CCCCC/C=C\CCCCCCCC(=O)OCC(COC(=O)CCCCCCCCCCCCCC/C=C\C/C=C\C/C=C\CCCCCCC)OC(=O)CCCCCCCCCCCCCCC/C=C\C/C=C\CCCCCCC. The molecule has 0 rings (SSSR count). The van der Waals surface area contributed by atoms with Crippen LogP contribution < -0.4 is 0 Å². The Hall–Kier alpha value is -3.15. The lowest BCUT2D eigenvalue weighted by Gasteiger charge is -2.18. The van der Waals surface area contributed by atoms with Crippen molar-refractivity contribution >= 4 is 17.9 Å². The van der Waals surface area contributed by atoms with E-state index in [0.717, 1.165) is 83.5 Å². The molecule has 0 bridgehead atoms. The minimum absolute atomic E-state index is 0.0765. The summed E-state index contributed by atoms with van der Waals surface area (Å²) in [7, 11) is 0. The van der Waals surface area contributed by atoms with Crippen molar-refractivity contribution in [2.24, 2.45) is 0 Å². The van der Waals surface area contributed by atoms with Gasteiger partial charge in [-0.2, -0.15) is 0 Å². The molecule has 6 heteroatoms. The number of hydrogen-bond donors (Lipinski definition) is 0. The van der Waals surface area contributed by atoms with Gasteiger partial charge in [-0.3, -0.25) is 14.4 Å². The first kappa shape index (κ1) is 78.8. The van der Waals surface area contributed by atoms with Crippen LogP contribution in [0.4, 0.5) is 0 Å². The van der Waals surface area contributed by atoms with E-state index >= 15 is 0 Å². The fraction of sp³-hybridized carbons (Fsp3) is 0.803. The number of hydrogen-bond acceptors (Lipinski definition) is 6. The summed E-state index contributed by atoms with van der Waals surface area (Å²) >= 11 is 0. The van der Waals surface area contributed by atoms with Crippen molar-refractivity contribution in [3.8, 4) is 0 Å². The molecule has 1 unspecified atom stereocenters. The highest BCUT2D eigenvalue weighted by atomic mass is 16.6. The minimum Gasteiger partial charge on any atom is -0.462 e. The topological polar surface area (TPSA) is 78.9 Å². The Kier molecular flexibility index (Phi) is 67.6. The highest BCUT2D eigenvalue weighted by Gasteiger charge is 2.19. The molecule has 6 nitrogen and oxygen atoms in total. The van der Waals surface area contributed by atoms with Crippen molar-refractivity contribution < 1.29 is 28.6 Å². The monoisotopic (exact) mass is 1150 g/mol. The molecule has 0 amide bonds. The summed E-state index contributed by atoms with van der Waals surface area (Å²) < 4.78 is 17.0. The van der Waals surface area contributed by atoms with Gasteiger partial charge in [0.15, 0.2) is 6.10 Å². The van der Waals surface area contributed by atoms with Crippen molar-refractivity contribution in [1.82, 2.24) is 0 Å². The highest BCUT2D eigenvalue weighted by molar-refractivity contribution is 5.71. The maximum atomic E-state index is 13.0. The molecule has 0 aliphatic carbocycles. The summed E-state index contributed by atoms with van der Waals surface area (Å²) in [6, 6.07) is 0. The van der Waals surface area contributed by atoms with Crippen molar-refractivity contribution in [3.05, 3.63) is 72.9 Å². The Morgan fingerprint density at radius 3 is 0.720 bits per heavy atom. The standard InChI is InChI=1S/C76H136O6/c1-4-7-10-13-16-19-22-25-27-29-31-33-35-37-38-40-41-43-45-47-49-51-54-57-60-63-66-69-75(78)81-72-73(71-80-74(77)68-65-62-59-56-53-24-21-18-15-12-9-6-3)82-76(79)70-67-64-61-58-55-52-50-48-46-44-42-39-36-34-32-30-28-26-23-20-17-14-11-8-5-2/h18,21-23,25-26,29-32,35,37,73H,4-17,19-20,24,27-28,33-34,36,38-72H2,1-3H3/b21-18-,25-22-,26-23-,31-29-,32-30-,37-35-. The lowest BCUT2D eigenvalue weighted by molar-refractivity contribution is -0.167. The van der Waals surface area contributed by atoms with Crippen LogP contribution in [0.2, 0.25) is 0 Å². The van der Waals surface area contributed by atoms with Gasteiger partial charge >= 0.3 is 17.9 Å². The number of ether oxygens (including phenoxy) is 3. The lowest BCUT2D eigenvalue weighted by atomic mass is 10.0. The molecule has 0 saturated carbocycles. The Bertz CT molecular complexity index is 1500. The number of carbonyl (C=O) groups excluding carboxylic acids is 3. The normalized spacial score (nSPS) is 12.5. The molecule has 0 spiro atoms. The summed E-state index contributed by atoms with van der Waals surface area (Å²) in [5.41, 5.74) is 0. The summed E-state index contributed by atoms with van der Waals surface area (Å²) in [6.07, 6.45) is 92.2. The van der Waals surface area contributed by atoms with Gasteiger partial charge in [-0.25, -0.2) is 0 Å². The van der Waals surface area contributed by atoms with Gasteiger partial charge < -0.3 is 14.2 Å². The highest BCUT2D eigenvalue weighted by Crippen LogP contribution is 2.17. The number of rotatable bonds is 66. The van der Waals surface area contributed by atoms with Crippen LogP contribution in [0, 0.1) is 0 Å². The zero-order valence-corrected chi connectivity index (χ0v) is 54.8. The van der Waals surface area contributed by atoms with E-state index in [2.05, 4.69) is 93.7 Å².